The molecule has 1 heterocycles. The number of nitrogens with one attached hydrogen (secondary N) is 1. The van der Waals surface area contributed by atoms with Crippen LogP contribution in [-0.2, 0) is 6.54 Å². The third-order valence-corrected chi connectivity index (χ3v) is 2.77. The van der Waals surface area contributed by atoms with Gasteiger partial charge in [0.05, 0.1) is 11.5 Å². The van der Waals surface area contributed by atoms with Crippen LogP contribution in [0, 0.1) is 10.1 Å². The van der Waals surface area contributed by atoms with Gasteiger partial charge in [-0.25, -0.2) is 4.79 Å². The van der Waals surface area contributed by atoms with Gasteiger partial charge in [0.2, 0.25) is 0 Å². The minimum Gasteiger partial charge on any atom is -0.294 e. The van der Waals surface area contributed by atoms with Crippen LogP contribution in [0.3, 0.4) is 0 Å². The van der Waals surface area contributed by atoms with Gasteiger partial charge in [-0.3, -0.25) is 24.5 Å². The number of nitrogens with zero attached hydrogens (tertiary/aromatic N) is 2. The van der Waals surface area contributed by atoms with E-state index >= 15 is 0 Å². The van der Waals surface area contributed by atoms with E-state index in [2.05, 4.69) is 0 Å². The Morgan fingerprint density at radius 2 is 2.00 bits per heavy atom. The summed E-state index contributed by atoms with van der Waals surface area (Å²) in [4.78, 5) is 35.0. The average Bonchev–Trinajstić information content (AvgIpc) is 2.36. The van der Waals surface area contributed by atoms with Crippen LogP contribution in [0.5, 0.6) is 0 Å². The van der Waals surface area contributed by atoms with Gasteiger partial charge in [-0.1, -0.05) is 29.8 Å². The summed E-state index contributed by atoms with van der Waals surface area (Å²) in [5.41, 5.74) is -1.12. The molecule has 8 heteroatoms. The Labute approximate surface area is 111 Å². The molecule has 0 aliphatic rings. The van der Waals surface area contributed by atoms with Gasteiger partial charge < -0.3 is 0 Å². The molecule has 0 saturated carbocycles. The molecule has 0 atom stereocenters. The zero-order valence-corrected chi connectivity index (χ0v) is 10.3. The molecular formula is C11H8ClN3O4. The summed E-state index contributed by atoms with van der Waals surface area (Å²) in [6.07, 6.45) is 1.15. The van der Waals surface area contributed by atoms with E-state index in [1.807, 2.05) is 4.98 Å². The second-order valence-electron chi connectivity index (χ2n) is 3.75. The van der Waals surface area contributed by atoms with Crippen LogP contribution in [0.1, 0.15) is 5.56 Å². The smallest absolute Gasteiger partial charge is 0.294 e. The average molecular weight is 282 g/mol. The van der Waals surface area contributed by atoms with E-state index < -0.39 is 16.2 Å². The van der Waals surface area contributed by atoms with Gasteiger partial charge in [0.15, 0.2) is 0 Å². The van der Waals surface area contributed by atoms with Crippen molar-refractivity contribution < 1.29 is 4.92 Å². The van der Waals surface area contributed by atoms with Gasteiger partial charge in [0, 0.05) is 17.8 Å². The summed E-state index contributed by atoms with van der Waals surface area (Å²) >= 11 is 5.62. The molecule has 98 valence electrons. The highest BCUT2D eigenvalue weighted by Gasteiger charge is 2.13. The Morgan fingerprint density at radius 3 is 2.68 bits per heavy atom. The maximum atomic E-state index is 11.6. The van der Waals surface area contributed by atoms with E-state index in [1.54, 1.807) is 6.07 Å². The minimum atomic E-state index is -0.689. The molecule has 0 spiro atoms. The first-order valence-corrected chi connectivity index (χ1v) is 5.58. The fourth-order valence-electron chi connectivity index (χ4n) is 1.61. The number of rotatable bonds is 3. The monoisotopic (exact) mass is 281 g/mol. The molecule has 0 fully saturated rings. The lowest BCUT2D eigenvalue weighted by Crippen LogP contribution is -2.30. The Morgan fingerprint density at radius 1 is 1.32 bits per heavy atom. The molecular weight excluding hydrogens is 274 g/mol. The maximum absolute atomic E-state index is 11.6. The van der Waals surface area contributed by atoms with E-state index in [0.29, 0.717) is 5.56 Å². The number of halogens is 1. The number of aromatic amines is 1. The second kappa shape index (κ2) is 5.07. The molecule has 0 saturated heterocycles. The number of aromatic nitrogens is 2. The van der Waals surface area contributed by atoms with Gasteiger partial charge >= 0.3 is 5.69 Å². The topological polar surface area (TPSA) is 98.0 Å². The first kappa shape index (κ1) is 13.0. The normalized spacial score (nSPS) is 10.4. The largest absolute Gasteiger partial charge is 0.328 e. The Hall–Kier alpha value is -2.41. The number of benzene rings is 1. The van der Waals surface area contributed by atoms with Crippen LogP contribution in [0.2, 0.25) is 5.02 Å². The number of nitro benzene ring substituents is 1. The van der Waals surface area contributed by atoms with Crippen molar-refractivity contribution >= 4 is 17.3 Å². The van der Waals surface area contributed by atoms with E-state index in [1.165, 1.54) is 18.2 Å². The molecule has 7 nitrogen and oxygen atoms in total. The molecule has 0 amide bonds. The fourth-order valence-corrected chi connectivity index (χ4v) is 1.77. The van der Waals surface area contributed by atoms with Crippen LogP contribution in [0.15, 0.2) is 40.1 Å². The minimum absolute atomic E-state index is 0.0491. The molecule has 2 aromatic rings. The molecule has 1 aromatic carbocycles. The van der Waals surface area contributed by atoms with Crippen LogP contribution in [0.25, 0.3) is 0 Å². The third-order valence-electron chi connectivity index (χ3n) is 2.50. The van der Waals surface area contributed by atoms with Crippen LogP contribution < -0.4 is 11.2 Å². The van der Waals surface area contributed by atoms with Crippen molar-refractivity contribution in [3.8, 4) is 0 Å². The molecule has 1 N–H and O–H groups in total. The van der Waals surface area contributed by atoms with Crippen molar-refractivity contribution in [3.05, 3.63) is 72.0 Å². The van der Waals surface area contributed by atoms with Gasteiger partial charge in [0.1, 0.15) is 5.02 Å². The Bertz CT molecular complexity index is 750. The lowest BCUT2D eigenvalue weighted by molar-refractivity contribution is -0.385. The highest BCUT2D eigenvalue weighted by molar-refractivity contribution is 6.30. The Balaban J connectivity index is 2.48. The standard InChI is InChI=1S/C11H8ClN3O4/c12-8-6-14(11(17)13-10(8)16)5-7-3-1-2-4-9(7)15(18)19/h1-4,6H,5H2,(H,13,16,17). The van der Waals surface area contributed by atoms with Crippen molar-refractivity contribution in [2.75, 3.05) is 0 Å². The van der Waals surface area contributed by atoms with E-state index in [0.717, 1.165) is 10.8 Å². The lowest BCUT2D eigenvalue weighted by Gasteiger charge is -2.06. The highest BCUT2D eigenvalue weighted by Crippen LogP contribution is 2.18. The molecule has 19 heavy (non-hydrogen) atoms. The number of hydrogen-bond donors (Lipinski definition) is 1. The molecule has 0 radical (unpaired) electrons. The zero-order valence-electron chi connectivity index (χ0n) is 9.50. The summed E-state index contributed by atoms with van der Waals surface area (Å²) in [7, 11) is 0. The van der Waals surface area contributed by atoms with Gasteiger partial charge in [-0.2, -0.15) is 0 Å². The predicted molar refractivity (Wildman–Crippen MR) is 68.5 cm³/mol. The highest BCUT2D eigenvalue weighted by atomic mass is 35.5. The van der Waals surface area contributed by atoms with Gasteiger partial charge in [0.25, 0.3) is 11.2 Å². The molecule has 0 unspecified atom stereocenters. The van der Waals surface area contributed by atoms with E-state index in [-0.39, 0.29) is 17.3 Å². The van der Waals surface area contributed by atoms with Gasteiger partial charge in [-0.05, 0) is 0 Å². The summed E-state index contributed by atoms with van der Waals surface area (Å²) in [6, 6.07) is 6.03. The molecule has 1 aromatic heterocycles. The summed E-state index contributed by atoms with van der Waals surface area (Å²) in [5, 5.41) is 10.7. The SMILES string of the molecule is O=c1[nH]c(=O)n(Cc2ccccc2[N+](=O)[O-])cc1Cl. The van der Waals surface area contributed by atoms with Crippen LogP contribution >= 0.6 is 11.6 Å². The number of nitro groups is 1. The first-order valence-electron chi connectivity index (χ1n) is 5.20. The fraction of sp³-hybridized carbons (Fsp3) is 0.0909. The third kappa shape index (κ3) is 2.71. The maximum Gasteiger partial charge on any atom is 0.328 e. The summed E-state index contributed by atoms with van der Waals surface area (Å²) in [5.74, 6) is 0. The van der Waals surface area contributed by atoms with E-state index in [4.69, 9.17) is 11.6 Å². The zero-order chi connectivity index (χ0) is 14.0. The molecule has 0 bridgehead atoms. The van der Waals surface area contributed by atoms with Crippen molar-refractivity contribution in [1.29, 1.82) is 0 Å². The van der Waals surface area contributed by atoms with E-state index in [9.17, 15) is 19.7 Å². The molecule has 2 rings (SSSR count). The van der Waals surface area contributed by atoms with Crippen molar-refractivity contribution in [3.63, 3.8) is 0 Å². The van der Waals surface area contributed by atoms with Crippen LogP contribution in [0.4, 0.5) is 5.69 Å². The number of hydrogen-bond acceptors (Lipinski definition) is 4. The molecule has 0 aliphatic carbocycles. The summed E-state index contributed by atoms with van der Waals surface area (Å²) in [6.45, 7) is -0.0491. The second-order valence-corrected chi connectivity index (χ2v) is 4.16. The lowest BCUT2D eigenvalue weighted by atomic mass is 10.2. The molecule has 0 aliphatic heterocycles. The Kier molecular flexibility index (Phi) is 3.48. The van der Waals surface area contributed by atoms with Crippen LogP contribution in [-0.4, -0.2) is 14.5 Å². The van der Waals surface area contributed by atoms with Crippen molar-refractivity contribution in [2.45, 2.75) is 6.54 Å². The van der Waals surface area contributed by atoms with Crippen molar-refractivity contribution in [2.24, 2.45) is 0 Å². The number of para-hydroxylation sites is 1. The summed E-state index contributed by atoms with van der Waals surface area (Å²) < 4.78 is 1.10. The number of H-pyrrole nitrogens is 1. The predicted octanol–water partition coefficient (Wildman–Crippen LogP) is 1.15. The quantitative estimate of drug-likeness (QED) is 0.674. The first-order chi connectivity index (χ1) is 8.99. The van der Waals surface area contributed by atoms with Crippen molar-refractivity contribution in [1.82, 2.24) is 9.55 Å². The van der Waals surface area contributed by atoms with Gasteiger partial charge in [-0.15, -0.1) is 0 Å².